The number of nitrogens with two attached hydrogens (primary N) is 1. The summed E-state index contributed by atoms with van der Waals surface area (Å²) in [5.41, 5.74) is 5.06. The fourth-order valence-corrected chi connectivity index (χ4v) is 7.15. The molecule has 0 saturated heterocycles. The second-order valence-corrected chi connectivity index (χ2v) is 12.1. The van der Waals surface area contributed by atoms with Crippen LogP contribution in [0, 0.1) is 11.8 Å². The van der Waals surface area contributed by atoms with Crippen molar-refractivity contribution in [1.29, 1.82) is 0 Å². The minimum Gasteiger partial charge on any atom is -0.508 e. The number of anilines is 1. The lowest BCUT2D eigenvalue weighted by Gasteiger charge is -2.50. The Labute approximate surface area is 244 Å². The number of benzene rings is 1. The molecule has 2 unspecified atom stereocenters. The van der Waals surface area contributed by atoms with Crippen LogP contribution in [0.25, 0.3) is 5.76 Å². The zero-order valence-corrected chi connectivity index (χ0v) is 24.5. The quantitative estimate of drug-likeness (QED) is 0.306. The molecular weight excluding hydrogens is 540 g/mol. The molecule has 1 saturated carbocycles. The fraction of sp³-hybridized carbons (Fsp3) is 0.452. The zero-order chi connectivity index (χ0) is 30.8. The predicted octanol–water partition coefficient (Wildman–Crippen LogP) is 1.54. The number of nitrogens with zero attached hydrogens (tertiary/aromatic N) is 3. The number of aromatic hydroxyl groups is 1. The third-order valence-electron chi connectivity index (χ3n) is 9.19. The van der Waals surface area contributed by atoms with Gasteiger partial charge in [-0.1, -0.05) is 0 Å². The molecule has 224 valence electrons. The summed E-state index contributed by atoms with van der Waals surface area (Å²) >= 11 is 0. The molecule has 1 aromatic carbocycles. The first-order chi connectivity index (χ1) is 19.7. The number of aliphatic hydroxyl groups is 3. The van der Waals surface area contributed by atoms with Gasteiger partial charge in [0.05, 0.1) is 11.6 Å². The molecule has 42 heavy (non-hydrogen) atoms. The normalized spacial score (nSPS) is 25.5. The molecule has 1 heterocycles. The molecule has 1 fully saturated rings. The van der Waals surface area contributed by atoms with Crippen LogP contribution in [0.1, 0.15) is 35.2 Å². The predicted molar refractivity (Wildman–Crippen MR) is 156 cm³/mol. The van der Waals surface area contributed by atoms with E-state index >= 15 is 0 Å². The Bertz CT molecular complexity index is 1570. The third-order valence-corrected chi connectivity index (χ3v) is 9.19. The molecule has 0 radical (unpaired) electrons. The smallest absolute Gasteiger partial charge is 0.255 e. The highest BCUT2D eigenvalue weighted by Crippen LogP contribution is 2.54. The standard InChI is InChI=1S/C31H38N4O7/c1-33(2)20-14-15(8-6-9-17-10-7-11-35(17)5)25(36)22-18(20)12-16-13-19-24(34(3)4)27(38)23(30(32)41)29(40)31(19,42)28(39)21(16)26(22)37/h7,10-11,14,16,19,24,36-37,40,42H,6,8-9,12-13H2,1-5H3,(H2,32,41)/t16?,19?,24-,31-/m0/s1. The highest BCUT2D eigenvalue weighted by Gasteiger charge is 2.64. The highest BCUT2D eigenvalue weighted by molar-refractivity contribution is 6.24. The van der Waals surface area contributed by atoms with Gasteiger partial charge in [-0.25, -0.2) is 0 Å². The van der Waals surface area contributed by atoms with Gasteiger partial charge in [0.1, 0.15) is 22.8 Å². The molecule has 11 heteroatoms. The van der Waals surface area contributed by atoms with Crippen LogP contribution in [0.2, 0.25) is 0 Å². The number of ketones is 2. The number of aryl methyl sites for hydroxylation is 3. The van der Waals surface area contributed by atoms with E-state index in [1.54, 1.807) is 14.1 Å². The molecule has 5 rings (SSSR count). The summed E-state index contributed by atoms with van der Waals surface area (Å²) in [4.78, 5) is 42.9. The van der Waals surface area contributed by atoms with Gasteiger partial charge in [-0.3, -0.25) is 19.3 Å². The molecule has 0 spiro atoms. The molecule has 0 bridgehead atoms. The number of hydrogen-bond acceptors (Lipinski definition) is 9. The maximum Gasteiger partial charge on any atom is 0.255 e. The van der Waals surface area contributed by atoms with Gasteiger partial charge in [-0.2, -0.15) is 0 Å². The van der Waals surface area contributed by atoms with Gasteiger partial charge in [0.2, 0.25) is 5.78 Å². The van der Waals surface area contributed by atoms with Gasteiger partial charge in [0.15, 0.2) is 11.4 Å². The number of amides is 1. The molecule has 6 N–H and O–H groups in total. The van der Waals surface area contributed by atoms with Gasteiger partial charge in [0.25, 0.3) is 5.91 Å². The maximum atomic E-state index is 14.1. The first-order valence-electron chi connectivity index (χ1n) is 14.0. The number of aliphatic hydroxyl groups excluding tert-OH is 2. The Hall–Kier alpha value is -4.09. The minimum absolute atomic E-state index is 0.0534. The third kappa shape index (κ3) is 4.21. The summed E-state index contributed by atoms with van der Waals surface area (Å²) in [6.07, 6.45) is 4.29. The molecule has 3 aliphatic rings. The lowest BCUT2D eigenvalue weighted by atomic mass is 9.57. The number of Topliss-reactive ketones (excluding diaryl/α,β-unsaturated/α-hetero) is 2. The monoisotopic (exact) mass is 578 g/mol. The molecule has 1 aromatic heterocycles. The average molecular weight is 579 g/mol. The summed E-state index contributed by atoms with van der Waals surface area (Å²) in [6.45, 7) is 0. The topological polar surface area (TPSA) is 170 Å². The van der Waals surface area contributed by atoms with E-state index in [1.165, 1.54) is 4.90 Å². The average Bonchev–Trinajstić information content (AvgIpc) is 3.31. The SMILES string of the molecule is CN(C)c1cc(CCCc2cccn2C)c(O)c2c1CC1CC3[C@H](N(C)C)C(=O)C(C(N)=O)=C(O)[C@@]3(O)C(=O)C1=C2O. The van der Waals surface area contributed by atoms with Crippen LogP contribution in [0.5, 0.6) is 5.75 Å². The zero-order valence-electron chi connectivity index (χ0n) is 24.5. The van der Waals surface area contributed by atoms with Crippen LogP contribution >= 0.6 is 0 Å². The molecule has 3 aliphatic carbocycles. The number of carbonyl (C=O) groups is 3. The molecule has 4 atom stereocenters. The number of primary amides is 1. The summed E-state index contributed by atoms with van der Waals surface area (Å²) < 4.78 is 2.04. The molecule has 2 aromatic rings. The van der Waals surface area contributed by atoms with E-state index in [9.17, 15) is 34.8 Å². The largest absolute Gasteiger partial charge is 0.508 e. The van der Waals surface area contributed by atoms with Crippen molar-refractivity contribution in [2.75, 3.05) is 33.1 Å². The van der Waals surface area contributed by atoms with E-state index in [0.717, 1.165) is 24.2 Å². The number of phenolic OH excluding ortho intramolecular Hbond substituents is 1. The first kappa shape index (κ1) is 29.4. The van der Waals surface area contributed by atoms with Crippen LogP contribution in [-0.2, 0) is 40.7 Å². The van der Waals surface area contributed by atoms with Crippen LogP contribution in [-0.4, -0.2) is 87.2 Å². The Morgan fingerprint density at radius 2 is 1.83 bits per heavy atom. The van der Waals surface area contributed by atoms with Crippen molar-refractivity contribution in [2.24, 2.45) is 24.6 Å². The van der Waals surface area contributed by atoms with E-state index in [-0.39, 0.29) is 29.7 Å². The summed E-state index contributed by atoms with van der Waals surface area (Å²) in [5.74, 6) is -6.47. The van der Waals surface area contributed by atoms with Crippen molar-refractivity contribution < 1.29 is 34.8 Å². The van der Waals surface area contributed by atoms with E-state index in [0.29, 0.717) is 17.5 Å². The van der Waals surface area contributed by atoms with Gasteiger partial charge in [-0.05, 0) is 81.4 Å². The molecule has 1 amide bonds. The second kappa shape index (κ2) is 10.3. The highest BCUT2D eigenvalue weighted by atomic mass is 16.3. The van der Waals surface area contributed by atoms with Crippen molar-refractivity contribution in [3.8, 4) is 5.75 Å². The maximum absolute atomic E-state index is 14.1. The first-order valence-corrected chi connectivity index (χ1v) is 14.0. The molecule has 11 nitrogen and oxygen atoms in total. The van der Waals surface area contributed by atoms with Gasteiger partial charge in [0, 0.05) is 50.2 Å². The van der Waals surface area contributed by atoms with Crippen molar-refractivity contribution in [3.05, 3.63) is 63.7 Å². The van der Waals surface area contributed by atoms with Crippen molar-refractivity contribution in [2.45, 2.75) is 43.7 Å². The fourth-order valence-electron chi connectivity index (χ4n) is 7.15. The van der Waals surface area contributed by atoms with Crippen molar-refractivity contribution >= 4 is 28.9 Å². The number of hydrogen-bond donors (Lipinski definition) is 5. The van der Waals surface area contributed by atoms with E-state index in [4.69, 9.17) is 5.73 Å². The lowest BCUT2D eigenvalue weighted by molar-refractivity contribution is -0.153. The number of rotatable bonds is 7. The summed E-state index contributed by atoms with van der Waals surface area (Å²) in [5, 5.41) is 45.9. The Kier molecular flexibility index (Phi) is 7.23. The molecule has 0 aliphatic heterocycles. The Balaban J connectivity index is 1.63. The number of fused-ring (bicyclic) bond motifs is 3. The van der Waals surface area contributed by atoms with Crippen LogP contribution in [0.15, 0.2) is 41.3 Å². The molecular formula is C31H38N4O7. The second-order valence-electron chi connectivity index (χ2n) is 12.1. The van der Waals surface area contributed by atoms with E-state index < -0.39 is 58.0 Å². The van der Waals surface area contributed by atoms with Crippen molar-refractivity contribution in [1.82, 2.24) is 9.47 Å². The number of aromatic nitrogens is 1. The Morgan fingerprint density at radius 3 is 2.40 bits per heavy atom. The summed E-state index contributed by atoms with van der Waals surface area (Å²) in [6, 6.07) is 4.79. The Morgan fingerprint density at radius 1 is 1.14 bits per heavy atom. The van der Waals surface area contributed by atoms with Crippen LogP contribution in [0.3, 0.4) is 0 Å². The number of phenols is 1. The van der Waals surface area contributed by atoms with Gasteiger partial charge in [-0.15, -0.1) is 0 Å². The van der Waals surface area contributed by atoms with Crippen molar-refractivity contribution in [3.63, 3.8) is 0 Å². The minimum atomic E-state index is -2.66. The van der Waals surface area contributed by atoms with E-state index in [2.05, 4.69) is 0 Å². The van der Waals surface area contributed by atoms with Crippen LogP contribution in [0.4, 0.5) is 5.69 Å². The lowest BCUT2D eigenvalue weighted by Crippen LogP contribution is -2.65. The number of carbonyl (C=O) groups excluding carboxylic acids is 3. The van der Waals surface area contributed by atoms with Gasteiger partial charge >= 0.3 is 0 Å². The number of likely N-dealkylation sites (N-methyl/N-ethyl adjacent to an activating group) is 1. The summed E-state index contributed by atoms with van der Waals surface area (Å²) in [7, 11) is 8.84. The van der Waals surface area contributed by atoms with E-state index in [1.807, 2.05) is 55.0 Å². The van der Waals surface area contributed by atoms with Crippen LogP contribution < -0.4 is 10.6 Å². The van der Waals surface area contributed by atoms with Gasteiger partial charge < -0.3 is 35.6 Å².